The van der Waals surface area contributed by atoms with E-state index in [1.54, 1.807) is 0 Å². The highest BCUT2D eigenvalue weighted by Gasteiger charge is 2.05. The zero-order valence-electron chi connectivity index (χ0n) is 2.22. The number of hydrogen-bond acceptors (Lipinski definition) is 3. The lowest BCUT2D eigenvalue weighted by Gasteiger charge is -1.72. The Hall–Kier alpha value is 0.314. The molecule has 26 valence electrons. The van der Waals surface area contributed by atoms with Gasteiger partial charge in [-0.05, 0) is 0 Å². The van der Waals surface area contributed by atoms with Crippen molar-refractivity contribution in [3.05, 3.63) is 0 Å². The van der Waals surface area contributed by atoms with Crippen molar-refractivity contribution in [2.24, 2.45) is 0 Å². The van der Waals surface area contributed by atoms with Crippen molar-refractivity contribution in [1.82, 2.24) is 0 Å². The van der Waals surface area contributed by atoms with Crippen LogP contribution in [0.4, 0.5) is 0 Å². The van der Waals surface area contributed by atoms with E-state index in [1.807, 2.05) is 0 Å². The van der Waals surface area contributed by atoms with Crippen molar-refractivity contribution in [2.45, 2.75) is 0 Å². The molecule has 1 aliphatic rings. The van der Waals surface area contributed by atoms with E-state index in [1.165, 1.54) is 0 Å². The molecule has 1 fully saturated rings. The van der Waals surface area contributed by atoms with Crippen molar-refractivity contribution in [3.63, 3.8) is 0 Å². The molecular weight excluding hydrogens is 104 g/mol. The maximum atomic E-state index is 4.56. The first kappa shape index (κ1) is 3.50. The van der Waals surface area contributed by atoms with Gasteiger partial charge in [0.05, 0.1) is 0 Å². The van der Waals surface area contributed by atoms with Gasteiger partial charge in [-0.2, -0.15) is 0 Å². The number of rotatable bonds is 0. The Morgan fingerprint density at radius 2 is 1.60 bits per heavy atom. The minimum atomic E-state index is 0.0988. The first-order valence-electron chi connectivity index (χ1n) is 0.983. The summed E-state index contributed by atoms with van der Waals surface area (Å²) < 4.78 is 13.1. The molecule has 0 aromatic carbocycles. The standard InChI is InChI=1S/O3Si2/c1-2-5-3-4-1. The molecule has 1 aliphatic heterocycles. The zero-order chi connectivity index (χ0) is 3.54. The Kier molecular flexibility index (Phi) is 1.17. The Morgan fingerprint density at radius 1 is 1.00 bits per heavy atom. The second-order valence-corrected chi connectivity index (χ2v) is 1.92. The normalized spacial score (nSPS) is 24.0. The Morgan fingerprint density at radius 3 is 1.80 bits per heavy atom. The van der Waals surface area contributed by atoms with Crippen LogP contribution in [0.25, 0.3) is 0 Å². The molecule has 1 saturated heterocycles. The third-order valence-electron chi connectivity index (χ3n) is 0.193. The van der Waals surface area contributed by atoms with Crippen LogP contribution in [0.5, 0.6) is 0 Å². The molecule has 1 heterocycles. The van der Waals surface area contributed by atoms with Gasteiger partial charge in [0.15, 0.2) is 0 Å². The van der Waals surface area contributed by atoms with Crippen LogP contribution in [0.3, 0.4) is 0 Å². The van der Waals surface area contributed by atoms with E-state index < -0.39 is 0 Å². The van der Waals surface area contributed by atoms with Crippen molar-refractivity contribution >= 4 is 20.0 Å². The second-order valence-electron chi connectivity index (χ2n) is 0.435. The van der Waals surface area contributed by atoms with Crippen LogP contribution in [0.2, 0.25) is 0 Å². The molecule has 0 amide bonds. The van der Waals surface area contributed by atoms with E-state index in [2.05, 4.69) is 13.3 Å². The van der Waals surface area contributed by atoms with Crippen molar-refractivity contribution in [3.8, 4) is 0 Å². The summed E-state index contributed by atoms with van der Waals surface area (Å²) in [5, 5.41) is 0. The summed E-state index contributed by atoms with van der Waals surface area (Å²) in [5.41, 5.74) is 0. The molecule has 0 N–H and O–H groups in total. The monoisotopic (exact) mass is 104 g/mol. The van der Waals surface area contributed by atoms with E-state index in [4.69, 9.17) is 0 Å². The lowest BCUT2D eigenvalue weighted by Crippen LogP contribution is -1.86. The molecule has 3 nitrogen and oxygen atoms in total. The van der Waals surface area contributed by atoms with Crippen LogP contribution in [0.15, 0.2) is 0 Å². The fourth-order valence-corrected chi connectivity index (χ4v) is 0.765. The molecule has 0 atom stereocenters. The Labute approximate surface area is 34.3 Å². The lowest BCUT2D eigenvalue weighted by atomic mass is 14.9. The molecule has 0 bridgehead atoms. The molecule has 0 aromatic heterocycles. The van der Waals surface area contributed by atoms with E-state index in [0.29, 0.717) is 0 Å². The fourth-order valence-electron chi connectivity index (χ4n) is 0.0851. The molecule has 1 rings (SSSR count). The molecule has 0 saturated carbocycles. The molecule has 0 aromatic rings. The van der Waals surface area contributed by atoms with Crippen molar-refractivity contribution < 1.29 is 13.3 Å². The van der Waals surface area contributed by atoms with Gasteiger partial charge in [-0.25, -0.2) is 0 Å². The molecular formula is O3Si2. The van der Waals surface area contributed by atoms with Crippen LogP contribution in [-0.2, 0) is 13.3 Å². The van der Waals surface area contributed by atoms with Crippen LogP contribution in [-0.4, -0.2) is 20.0 Å². The Bertz CT molecular complexity index is 16.5. The average molecular weight is 104 g/mol. The van der Waals surface area contributed by atoms with Crippen LogP contribution in [0.1, 0.15) is 0 Å². The lowest BCUT2D eigenvalue weighted by molar-refractivity contribution is -0.0859. The molecule has 0 unspecified atom stereocenters. The highest BCUT2D eigenvalue weighted by atomic mass is 28.3. The summed E-state index contributed by atoms with van der Waals surface area (Å²) >= 11 is 0. The summed E-state index contributed by atoms with van der Waals surface area (Å²) in [7, 11) is 0.198. The zero-order valence-corrected chi connectivity index (χ0v) is 4.22. The first-order chi connectivity index (χ1) is 2.50. The topological polar surface area (TPSA) is 27.7 Å². The maximum Gasteiger partial charge on any atom is 0.461 e. The fraction of sp³-hybridized carbons (Fsp3) is 0. The predicted molar refractivity (Wildman–Crippen MR) is 14.8 cm³/mol. The van der Waals surface area contributed by atoms with Gasteiger partial charge in [-0.1, -0.05) is 0 Å². The van der Waals surface area contributed by atoms with Crippen LogP contribution >= 0.6 is 0 Å². The van der Waals surface area contributed by atoms with Crippen LogP contribution < -0.4 is 0 Å². The van der Waals surface area contributed by atoms with Crippen molar-refractivity contribution in [2.75, 3.05) is 0 Å². The van der Waals surface area contributed by atoms with Gasteiger partial charge in [-0.15, -0.1) is 0 Å². The van der Waals surface area contributed by atoms with Gasteiger partial charge < -0.3 is 4.12 Å². The molecule has 0 aliphatic carbocycles. The predicted octanol–water partition coefficient (Wildman–Crippen LogP) is -0.967. The highest BCUT2D eigenvalue weighted by Crippen LogP contribution is 1.82. The van der Waals surface area contributed by atoms with Crippen LogP contribution in [0, 0.1) is 0 Å². The quantitative estimate of drug-likeness (QED) is 0.292. The maximum absolute atomic E-state index is 4.56. The van der Waals surface area contributed by atoms with Gasteiger partial charge in [0.25, 0.3) is 0 Å². The van der Waals surface area contributed by atoms with Gasteiger partial charge >= 0.3 is 20.0 Å². The smallest absolute Gasteiger partial charge is 0.408 e. The second kappa shape index (κ2) is 1.68. The van der Waals surface area contributed by atoms with E-state index in [-0.39, 0.29) is 20.0 Å². The van der Waals surface area contributed by atoms with Crippen molar-refractivity contribution in [1.29, 1.82) is 0 Å². The third-order valence-corrected chi connectivity index (χ3v) is 1.33. The summed E-state index contributed by atoms with van der Waals surface area (Å²) in [5.74, 6) is 0. The molecule has 5 heteroatoms. The van der Waals surface area contributed by atoms with Gasteiger partial charge in [0.1, 0.15) is 0 Å². The minimum absolute atomic E-state index is 0.0988. The van der Waals surface area contributed by atoms with E-state index in [0.717, 1.165) is 0 Å². The van der Waals surface area contributed by atoms with E-state index in [9.17, 15) is 0 Å². The van der Waals surface area contributed by atoms with Gasteiger partial charge in [0, 0.05) is 0 Å². The third kappa shape index (κ3) is 0.818. The summed E-state index contributed by atoms with van der Waals surface area (Å²) in [6, 6.07) is 0. The SMILES string of the molecule is O1O[Si]O[Si]1. The first-order valence-corrected chi connectivity index (χ1v) is 2.62. The average Bonchev–Trinajstić information content (AvgIpc) is 1.76. The Balaban J connectivity index is 2.08. The minimum Gasteiger partial charge on any atom is -0.408 e. The van der Waals surface area contributed by atoms with E-state index >= 15 is 0 Å². The largest absolute Gasteiger partial charge is 0.461 e. The summed E-state index contributed by atoms with van der Waals surface area (Å²) in [6.07, 6.45) is 0. The molecule has 0 spiro atoms. The summed E-state index contributed by atoms with van der Waals surface area (Å²) in [4.78, 5) is 0. The number of hydrogen-bond donors (Lipinski definition) is 0. The summed E-state index contributed by atoms with van der Waals surface area (Å²) in [6.45, 7) is 0. The molecule has 5 heavy (non-hydrogen) atoms. The van der Waals surface area contributed by atoms with Gasteiger partial charge in [-0.3, -0.25) is 9.15 Å². The van der Waals surface area contributed by atoms with Gasteiger partial charge in [0.2, 0.25) is 0 Å². The molecule has 4 radical (unpaired) electrons. The highest BCUT2D eigenvalue weighted by molar-refractivity contribution is 6.37.